The van der Waals surface area contributed by atoms with Gasteiger partial charge in [-0.25, -0.2) is 8.78 Å². The van der Waals surface area contributed by atoms with E-state index in [1.165, 1.54) is 18.9 Å². The largest absolute Gasteiger partial charge is 0.489 e. The summed E-state index contributed by atoms with van der Waals surface area (Å²) in [5.41, 5.74) is 0. The highest BCUT2D eigenvalue weighted by atomic mass is 79.9. The minimum atomic E-state index is -0.668. The number of hydrogen-bond acceptors (Lipinski definition) is 2. The summed E-state index contributed by atoms with van der Waals surface area (Å²) in [5, 5.41) is 3.40. The van der Waals surface area contributed by atoms with Crippen molar-refractivity contribution in [2.24, 2.45) is 0 Å². The zero-order valence-electron chi connectivity index (χ0n) is 10.0. The van der Waals surface area contributed by atoms with Gasteiger partial charge in [0.25, 0.3) is 0 Å². The van der Waals surface area contributed by atoms with Crippen LogP contribution in [-0.2, 0) is 0 Å². The van der Waals surface area contributed by atoms with Crippen LogP contribution in [0.5, 0.6) is 5.75 Å². The summed E-state index contributed by atoms with van der Waals surface area (Å²) in [6.45, 7) is 1.47. The number of rotatable bonds is 4. The van der Waals surface area contributed by atoms with E-state index in [-0.39, 0.29) is 5.75 Å². The highest BCUT2D eigenvalue weighted by molar-refractivity contribution is 9.10. The van der Waals surface area contributed by atoms with Gasteiger partial charge >= 0.3 is 0 Å². The maximum atomic E-state index is 13.5. The fourth-order valence-electron chi connectivity index (χ4n) is 2.14. The number of ether oxygens (including phenoxy) is 1. The highest BCUT2D eigenvalue weighted by Gasteiger charge is 2.14. The maximum Gasteiger partial charge on any atom is 0.169 e. The Kier molecular flexibility index (Phi) is 4.95. The second kappa shape index (κ2) is 6.48. The van der Waals surface area contributed by atoms with E-state index in [9.17, 15) is 8.78 Å². The standard InChI is InChI=1S/C13H16BrF2NO/c14-11-7-9(15)8-12(16)13(11)18-6-4-10-3-1-2-5-17-10/h7-8,10,17H,1-6H2. The minimum absolute atomic E-state index is 0.0900. The number of hydrogen-bond donors (Lipinski definition) is 1. The molecule has 1 fully saturated rings. The second-order valence-electron chi connectivity index (χ2n) is 4.48. The first-order valence-corrected chi connectivity index (χ1v) is 6.97. The average Bonchev–Trinajstić information content (AvgIpc) is 2.34. The van der Waals surface area contributed by atoms with Crippen LogP contribution in [0.2, 0.25) is 0 Å². The predicted molar refractivity (Wildman–Crippen MR) is 69.8 cm³/mol. The highest BCUT2D eigenvalue weighted by Crippen LogP contribution is 2.29. The van der Waals surface area contributed by atoms with Crippen molar-refractivity contribution in [1.29, 1.82) is 0 Å². The first kappa shape index (κ1) is 13.7. The zero-order valence-corrected chi connectivity index (χ0v) is 11.6. The van der Waals surface area contributed by atoms with E-state index >= 15 is 0 Å². The Labute approximate surface area is 114 Å². The van der Waals surface area contributed by atoms with Crippen LogP contribution in [0.3, 0.4) is 0 Å². The number of benzene rings is 1. The normalized spacial score (nSPS) is 19.8. The van der Waals surface area contributed by atoms with Crippen LogP contribution in [0, 0.1) is 11.6 Å². The molecule has 1 N–H and O–H groups in total. The van der Waals surface area contributed by atoms with E-state index in [1.54, 1.807) is 0 Å². The Balaban J connectivity index is 1.86. The number of nitrogens with one attached hydrogen (secondary N) is 1. The van der Waals surface area contributed by atoms with Crippen LogP contribution in [0.25, 0.3) is 0 Å². The number of piperidine rings is 1. The van der Waals surface area contributed by atoms with E-state index in [0.29, 0.717) is 17.1 Å². The first-order valence-electron chi connectivity index (χ1n) is 6.17. The molecule has 0 amide bonds. The Morgan fingerprint density at radius 3 is 2.83 bits per heavy atom. The van der Waals surface area contributed by atoms with Gasteiger partial charge in [-0.15, -0.1) is 0 Å². The van der Waals surface area contributed by atoms with E-state index < -0.39 is 11.6 Å². The molecule has 0 aromatic heterocycles. The maximum absolute atomic E-state index is 13.5. The average molecular weight is 320 g/mol. The van der Waals surface area contributed by atoms with Crippen molar-refractivity contribution in [3.8, 4) is 5.75 Å². The molecule has 5 heteroatoms. The van der Waals surface area contributed by atoms with Gasteiger partial charge in [-0.05, 0) is 47.8 Å². The van der Waals surface area contributed by atoms with E-state index in [1.807, 2.05) is 0 Å². The SMILES string of the molecule is Fc1cc(F)c(OCCC2CCCCN2)c(Br)c1. The number of halogens is 3. The van der Waals surface area contributed by atoms with E-state index in [2.05, 4.69) is 21.2 Å². The molecule has 1 saturated heterocycles. The predicted octanol–water partition coefficient (Wildman–Crippen LogP) is 3.64. The molecule has 1 aromatic carbocycles. The molecular weight excluding hydrogens is 304 g/mol. The van der Waals surface area contributed by atoms with Gasteiger partial charge in [0.05, 0.1) is 11.1 Å². The van der Waals surface area contributed by atoms with Crippen molar-refractivity contribution in [2.75, 3.05) is 13.2 Å². The molecule has 0 saturated carbocycles. The van der Waals surface area contributed by atoms with Gasteiger partial charge in [0.2, 0.25) is 0 Å². The summed E-state index contributed by atoms with van der Waals surface area (Å²) in [6.07, 6.45) is 4.42. The minimum Gasteiger partial charge on any atom is -0.489 e. The molecule has 100 valence electrons. The van der Waals surface area contributed by atoms with Crippen LogP contribution in [0.1, 0.15) is 25.7 Å². The molecule has 0 bridgehead atoms. The van der Waals surface area contributed by atoms with Crippen molar-refractivity contribution < 1.29 is 13.5 Å². The zero-order chi connectivity index (χ0) is 13.0. The third kappa shape index (κ3) is 3.65. The molecule has 0 spiro atoms. The lowest BCUT2D eigenvalue weighted by molar-refractivity contribution is 0.257. The summed E-state index contributed by atoms with van der Waals surface area (Å²) >= 11 is 3.10. The monoisotopic (exact) mass is 319 g/mol. The Morgan fingerprint density at radius 1 is 1.33 bits per heavy atom. The van der Waals surface area contributed by atoms with E-state index in [4.69, 9.17) is 4.74 Å². The summed E-state index contributed by atoms with van der Waals surface area (Å²) < 4.78 is 32.1. The molecule has 1 aliphatic rings. The lowest BCUT2D eigenvalue weighted by Gasteiger charge is -2.23. The Bertz CT molecular complexity index is 385. The molecule has 1 aliphatic heterocycles. The van der Waals surface area contributed by atoms with Crippen LogP contribution < -0.4 is 10.1 Å². The van der Waals surface area contributed by atoms with Gasteiger partial charge in [0.1, 0.15) is 5.82 Å². The van der Waals surface area contributed by atoms with Crippen molar-refractivity contribution in [3.05, 3.63) is 28.2 Å². The molecule has 0 aliphatic carbocycles. The molecule has 18 heavy (non-hydrogen) atoms. The topological polar surface area (TPSA) is 21.3 Å². The summed E-state index contributed by atoms with van der Waals surface area (Å²) in [4.78, 5) is 0. The molecule has 1 atom stereocenters. The van der Waals surface area contributed by atoms with E-state index in [0.717, 1.165) is 25.5 Å². The van der Waals surface area contributed by atoms with Gasteiger partial charge < -0.3 is 10.1 Å². The van der Waals surface area contributed by atoms with Crippen LogP contribution in [0.4, 0.5) is 8.78 Å². The van der Waals surface area contributed by atoms with Crippen LogP contribution >= 0.6 is 15.9 Å². The van der Waals surface area contributed by atoms with Crippen molar-refractivity contribution in [3.63, 3.8) is 0 Å². The molecule has 1 aromatic rings. The summed E-state index contributed by atoms with van der Waals surface area (Å²) in [7, 11) is 0. The molecule has 1 unspecified atom stereocenters. The fourth-order valence-corrected chi connectivity index (χ4v) is 2.66. The van der Waals surface area contributed by atoms with Gasteiger partial charge in [-0.2, -0.15) is 0 Å². The van der Waals surface area contributed by atoms with Gasteiger partial charge in [0, 0.05) is 12.1 Å². The molecule has 2 rings (SSSR count). The first-order chi connectivity index (χ1) is 8.66. The van der Waals surface area contributed by atoms with Crippen molar-refractivity contribution in [1.82, 2.24) is 5.32 Å². The lowest BCUT2D eigenvalue weighted by Crippen LogP contribution is -2.35. The second-order valence-corrected chi connectivity index (χ2v) is 5.34. The third-order valence-electron chi connectivity index (χ3n) is 3.09. The smallest absolute Gasteiger partial charge is 0.169 e. The lowest BCUT2D eigenvalue weighted by atomic mass is 10.0. The van der Waals surface area contributed by atoms with Crippen LogP contribution in [-0.4, -0.2) is 19.2 Å². The van der Waals surface area contributed by atoms with Gasteiger partial charge in [0.15, 0.2) is 11.6 Å². The Hall–Kier alpha value is -0.680. The summed E-state index contributed by atoms with van der Waals surface area (Å²) in [6, 6.07) is 2.48. The quantitative estimate of drug-likeness (QED) is 0.914. The fraction of sp³-hybridized carbons (Fsp3) is 0.538. The van der Waals surface area contributed by atoms with Crippen LogP contribution in [0.15, 0.2) is 16.6 Å². The molecule has 2 nitrogen and oxygen atoms in total. The third-order valence-corrected chi connectivity index (χ3v) is 3.68. The molecule has 1 heterocycles. The Morgan fingerprint density at radius 2 is 2.17 bits per heavy atom. The molecule has 0 radical (unpaired) electrons. The van der Waals surface area contributed by atoms with Gasteiger partial charge in [-0.1, -0.05) is 6.42 Å². The summed E-state index contributed by atoms with van der Waals surface area (Å²) in [5.74, 6) is -1.19. The van der Waals surface area contributed by atoms with Crippen molar-refractivity contribution in [2.45, 2.75) is 31.7 Å². The van der Waals surface area contributed by atoms with Gasteiger partial charge in [-0.3, -0.25) is 0 Å². The van der Waals surface area contributed by atoms with Crippen molar-refractivity contribution >= 4 is 15.9 Å². The molecular formula is C13H16BrF2NO.